The Kier molecular flexibility index (Phi) is 8.75. The van der Waals surface area contributed by atoms with E-state index in [1.807, 2.05) is 31.2 Å². The summed E-state index contributed by atoms with van der Waals surface area (Å²) >= 11 is 0. The quantitative estimate of drug-likeness (QED) is 0.512. The SMILES string of the molecule is CCO[C@@H]1OC(C(=O)N(C)CC(OC)OC)=C[C@H](c2ccc3c(c2)OCO3)[C@H]1CCCO. The van der Waals surface area contributed by atoms with Crippen molar-refractivity contribution in [3.8, 4) is 11.5 Å². The average Bonchev–Trinajstić information content (AvgIpc) is 3.28. The second-order valence-corrected chi connectivity index (χ2v) is 7.73. The molecule has 0 fully saturated rings. The lowest BCUT2D eigenvalue weighted by Crippen LogP contribution is -2.41. The lowest BCUT2D eigenvalue weighted by Gasteiger charge is -2.38. The minimum absolute atomic E-state index is 0.0663. The normalized spacial score (nSPS) is 21.9. The second-order valence-electron chi connectivity index (χ2n) is 7.73. The lowest BCUT2D eigenvalue weighted by molar-refractivity contribution is -0.172. The van der Waals surface area contributed by atoms with Gasteiger partial charge in [0.25, 0.3) is 5.91 Å². The minimum atomic E-state index is -0.625. The molecule has 9 nitrogen and oxygen atoms in total. The zero-order valence-electron chi connectivity index (χ0n) is 19.1. The summed E-state index contributed by atoms with van der Waals surface area (Å²) in [5.41, 5.74) is 0.963. The van der Waals surface area contributed by atoms with E-state index < -0.39 is 12.6 Å². The Hall–Kier alpha value is -2.33. The number of ether oxygens (including phenoxy) is 6. The van der Waals surface area contributed by atoms with Crippen molar-refractivity contribution in [2.75, 3.05) is 47.8 Å². The fourth-order valence-corrected chi connectivity index (χ4v) is 4.00. The number of hydrogen-bond donors (Lipinski definition) is 1. The molecule has 2 aliphatic heterocycles. The molecule has 0 bridgehead atoms. The number of nitrogens with zero attached hydrogens (tertiary/aromatic N) is 1. The Balaban J connectivity index is 1.93. The molecule has 0 radical (unpaired) electrons. The number of benzene rings is 1. The highest BCUT2D eigenvalue weighted by atomic mass is 16.7. The van der Waals surface area contributed by atoms with Gasteiger partial charge in [0, 0.05) is 46.3 Å². The molecule has 0 unspecified atom stereocenters. The first-order valence-electron chi connectivity index (χ1n) is 10.8. The second kappa shape index (κ2) is 11.5. The van der Waals surface area contributed by atoms with E-state index in [0.29, 0.717) is 30.9 Å². The lowest BCUT2D eigenvalue weighted by atomic mass is 9.80. The summed E-state index contributed by atoms with van der Waals surface area (Å²) in [7, 11) is 4.71. The number of rotatable bonds is 11. The first-order valence-corrected chi connectivity index (χ1v) is 10.8. The zero-order valence-corrected chi connectivity index (χ0v) is 19.1. The van der Waals surface area contributed by atoms with Crippen molar-refractivity contribution in [3.63, 3.8) is 0 Å². The van der Waals surface area contributed by atoms with Gasteiger partial charge in [-0.05, 0) is 43.5 Å². The van der Waals surface area contributed by atoms with Crippen LogP contribution in [0.2, 0.25) is 0 Å². The van der Waals surface area contributed by atoms with Gasteiger partial charge in [-0.25, -0.2) is 0 Å². The number of fused-ring (bicyclic) bond motifs is 1. The fourth-order valence-electron chi connectivity index (χ4n) is 4.00. The van der Waals surface area contributed by atoms with Crippen molar-refractivity contribution in [2.24, 2.45) is 5.92 Å². The third-order valence-electron chi connectivity index (χ3n) is 5.70. The molecule has 1 aromatic rings. The van der Waals surface area contributed by atoms with Gasteiger partial charge in [0.1, 0.15) is 0 Å². The number of carbonyl (C=O) groups excluding carboxylic acids is 1. The van der Waals surface area contributed by atoms with Gasteiger partial charge < -0.3 is 38.4 Å². The molecule has 3 atom stereocenters. The molecular weight excluding hydrogens is 418 g/mol. The van der Waals surface area contributed by atoms with Crippen LogP contribution < -0.4 is 9.47 Å². The molecule has 0 aliphatic carbocycles. The van der Waals surface area contributed by atoms with E-state index in [1.165, 1.54) is 19.1 Å². The standard InChI is InChI=1S/C23H33NO8/c1-5-29-23-16(7-6-10-25)17(15-8-9-18-19(11-15)31-14-30-18)12-20(32-23)22(26)24(2)13-21(27-3)28-4/h8-9,11-12,16-17,21,23,25H,5-7,10,13-14H2,1-4H3/t16-,17-,23-/m1/s1. The maximum Gasteiger partial charge on any atom is 0.288 e. The molecule has 0 saturated heterocycles. The van der Waals surface area contributed by atoms with Gasteiger partial charge in [0.2, 0.25) is 13.1 Å². The van der Waals surface area contributed by atoms with E-state index >= 15 is 0 Å². The first-order chi connectivity index (χ1) is 15.5. The third kappa shape index (κ3) is 5.53. The Bertz CT molecular complexity index is 794. The van der Waals surface area contributed by atoms with Crippen molar-refractivity contribution in [1.82, 2.24) is 4.90 Å². The van der Waals surface area contributed by atoms with Crippen LogP contribution in [0.1, 0.15) is 31.2 Å². The van der Waals surface area contributed by atoms with Crippen LogP contribution in [0.15, 0.2) is 30.0 Å². The third-order valence-corrected chi connectivity index (χ3v) is 5.70. The van der Waals surface area contributed by atoms with E-state index in [2.05, 4.69) is 0 Å². The molecule has 2 aliphatic rings. The fraction of sp³-hybridized carbons (Fsp3) is 0.609. The van der Waals surface area contributed by atoms with Crippen LogP contribution in [0, 0.1) is 5.92 Å². The largest absolute Gasteiger partial charge is 0.459 e. The van der Waals surface area contributed by atoms with Gasteiger partial charge in [-0.2, -0.15) is 0 Å². The Morgan fingerprint density at radius 2 is 2.00 bits per heavy atom. The summed E-state index contributed by atoms with van der Waals surface area (Å²) < 4.78 is 33.4. The topological polar surface area (TPSA) is 95.9 Å². The number of aliphatic hydroxyl groups is 1. The molecular formula is C23H33NO8. The van der Waals surface area contributed by atoms with Crippen LogP contribution in [-0.4, -0.2) is 76.3 Å². The smallest absolute Gasteiger partial charge is 0.288 e. The van der Waals surface area contributed by atoms with Crippen LogP contribution in [0.25, 0.3) is 0 Å². The monoisotopic (exact) mass is 451 g/mol. The Labute approximate surface area is 188 Å². The van der Waals surface area contributed by atoms with Crippen molar-refractivity contribution >= 4 is 5.91 Å². The average molecular weight is 452 g/mol. The number of aliphatic hydroxyl groups excluding tert-OH is 1. The van der Waals surface area contributed by atoms with Crippen LogP contribution in [-0.2, 0) is 23.7 Å². The number of methoxy groups -OCH3 is 2. The molecule has 0 aromatic heterocycles. The predicted molar refractivity (Wildman–Crippen MR) is 115 cm³/mol. The highest BCUT2D eigenvalue weighted by Gasteiger charge is 2.39. The van der Waals surface area contributed by atoms with Crippen LogP contribution in [0.4, 0.5) is 0 Å². The van der Waals surface area contributed by atoms with E-state index in [-0.39, 0.29) is 43.4 Å². The summed E-state index contributed by atoms with van der Waals surface area (Å²) in [6.07, 6.45) is 1.93. The molecule has 1 amide bonds. The molecule has 2 heterocycles. The van der Waals surface area contributed by atoms with Crippen molar-refractivity contribution < 1.29 is 38.3 Å². The van der Waals surface area contributed by atoms with Crippen LogP contribution in [0.5, 0.6) is 11.5 Å². The number of allylic oxidation sites excluding steroid dienone is 1. The summed E-state index contributed by atoms with van der Waals surface area (Å²) in [5, 5.41) is 9.42. The number of amides is 1. The molecule has 178 valence electrons. The minimum Gasteiger partial charge on any atom is -0.459 e. The van der Waals surface area contributed by atoms with Crippen molar-refractivity contribution in [1.29, 1.82) is 0 Å². The van der Waals surface area contributed by atoms with E-state index in [4.69, 9.17) is 28.4 Å². The Morgan fingerprint density at radius 1 is 1.25 bits per heavy atom. The summed E-state index contributed by atoms with van der Waals surface area (Å²) in [6.45, 7) is 2.81. The van der Waals surface area contributed by atoms with Crippen molar-refractivity contribution in [3.05, 3.63) is 35.6 Å². The highest BCUT2D eigenvalue weighted by molar-refractivity contribution is 5.91. The Morgan fingerprint density at radius 3 is 2.69 bits per heavy atom. The van der Waals surface area contributed by atoms with E-state index in [0.717, 1.165) is 5.56 Å². The van der Waals surface area contributed by atoms with Crippen LogP contribution >= 0.6 is 0 Å². The molecule has 0 spiro atoms. The molecule has 1 N–H and O–H groups in total. The van der Waals surface area contributed by atoms with Gasteiger partial charge in [0.15, 0.2) is 23.5 Å². The van der Waals surface area contributed by atoms with E-state index in [1.54, 1.807) is 7.05 Å². The molecule has 9 heteroatoms. The van der Waals surface area contributed by atoms with Gasteiger partial charge in [-0.3, -0.25) is 4.79 Å². The molecule has 32 heavy (non-hydrogen) atoms. The van der Waals surface area contributed by atoms with Crippen molar-refractivity contribution in [2.45, 2.75) is 38.3 Å². The zero-order chi connectivity index (χ0) is 23.1. The van der Waals surface area contributed by atoms with E-state index in [9.17, 15) is 9.90 Å². The van der Waals surface area contributed by atoms with Gasteiger partial charge >= 0.3 is 0 Å². The number of likely N-dealkylation sites (N-methyl/N-ethyl adjacent to an activating group) is 1. The maximum absolute atomic E-state index is 13.2. The highest BCUT2D eigenvalue weighted by Crippen LogP contribution is 2.43. The first kappa shape index (κ1) is 24.3. The van der Waals surface area contributed by atoms with Gasteiger partial charge in [-0.15, -0.1) is 0 Å². The number of hydrogen-bond acceptors (Lipinski definition) is 8. The van der Waals surface area contributed by atoms with Gasteiger partial charge in [-0.1, -0.05) is 6.07 Å². The molecule has 1 aromatic carbocycles. The van der Waals surface area contributed by atoms with Gasteiger partial charge in [0.05, 0.1) is 6.54 Å². The predicted octanol–water partition coefficient (Wildman–Crippen LogP) is 2.24. The summed E-state index contributed by atoms with van der Waals surface area (Å²) in [6, 6.07) is 5.77. The van der Waals surface area contributed by atoms with Crippen LogP contribution in [0.3, 0.4) is 0 Å². The molecule has 0 saturated carbocycles. The summed E-state index contributed by atoms with van der Waals surface area (Å²) in [5.74, 6) is 1.02. The molecule has 3 rings (SSSR count). The maximum atomic E-state index is 13.2. The summed E-state index contributed by atoms with van der Waals surface area (Å²) in [4.78, 5) is 14.7. The number of carbonyl (C=O) groups is 1.